The molecule has 3 rings (SSSR count). The van der Waals surface area contributed by atoms with E-state index in [-0.39, 0.29) is 22.6 Å². The molecule has 0 spiro atoms. The van der Waals surface area contributed by atoms with Gasteiger partial charge in [-0.1, -0.05) is 12.1 Å². The maximum Gasteiger partial charge on any atom is 0.420 e. The third kappa shape index (κ3) is 2.59. The maximum atomic E-state index is 13.3. The van der Waals surface area contributed by atoms with Crippen LogP contribution in [-0.2, 0) is 6.18 Å². The third-order valence-electron chi connectivity index (χ3n) is 3.84. The van der Waals surface area contributed by atoms with Crippen LogP contribution in [0.3, 0.4) is 0 Å². The van der Waals surface area contributed by atoms with E-state index in [0.29, 0.717) is 11.0 Å². The number of halogens is 3. The van der Waals surface area contributed by atoms with Gasteiger partial charge >= 0.3 is 6.18 Å². The fraction of sp³-hybridized carbons (Fsp3) is 0.176. The summed E-state index contributed by atoms with van der Waals surface area (Å²) in [6, 6.07) is 7.70. The predicted octanol–water partition coefficient (Wildman–Crippen LogP) is 3.52. The van der Waals surface area contributed by atoms with E-state index < -0.39 is 29.3 Å². The normalized spacial score (nSPS) is 13.9. The average Bonchev–Trinajstić information content (AvgIpc) is 2.84. The summed E-state index contributed by atoms with van der Waals surface area (Å²) in [4.78, 5) is 25.7. The Hall–Kier alpha value is -3.03. The van der Waals surface area contributed by atoms with E-state index in [1.54, 1.807) is 12.1 Å². The van der Waals surface area contributed by atoms with Gasteiger partial charge in [0.25, 0.3) is 11.8 Å². The molecule has 0 unspecified atom stereocenters. The van der Waals surface area contributed by atoms with E-state index in [1.165, 1.54) is 19.2 Å². The molecule has 8 heteroatoms. The number of anilines is 1. The van der Waals surface area contributed by atoms with Gasteiger partial charge in [-0.05, 0) is 18.2 Å². The van der Waals surface area contributed by atoms with Crippen molar-refractivity contribution in [3.05, 3.63) is 53.1 Å². The fourth-order valence-electron chi connectivity index (χ4n) is 2.69. The van der Waals surface area contributed by atoms with Gasteiger partial charge in [0, 0.05) is 6.07 Å². The molecule has 0 fully saturated rings. The summed E-state index contributed by atoms with van der Waals surface area (Å²) in [7, 11) is 2.31. The molecule has 0 aliphatic carbocycles. The minimum absolute atomic E-state index is 0.0839. The molecule has 0 atom stereocenters. The van der Waals surface area contributed by atoms with Gasteiger partial charge in [-0.15, -0.1) is 0 Å². The van der Waals surface area contributed by atoms with Crippen LogP contribution >= 0.6 is 0 Å². The van der Waals surface area contributed by atoms with Gasteiger partial charge in [-0.2, -0.15) is 13.2 Å². The number of alkyl halides is 3. The number of hydrogen-bond acceptors (Lipinski definition) is 4. The molecular formula is C17H12F3NO4. The summed E-state index contributed by atoms with van der Waals surface area (Å²) in [6.45, 7) is 0. The number of benzene rings is 2. The summed E-state index contributed by atoms with van der Waals surface area (Å²) in [5.41, 5.74) is -1.15. The van der Waals surface area contributed by atoms with E-state index in [1.807, 2.05) is 0 Å². The Morgan fingerprint density at radius 1 is 0.880 bits per heavy atom. The highest BCUT2D eigenvalue weighted by Gasteiger charge is 2.41. The molecule has 0 saturated heterocycles. The number of nitrogens with zero attached hydrogens (tertiary/aromatic N) is 1. The SMILES string of the molecule is COc1cc(OC)c(C(F)(F)F)cc1N1C(=O)c2ccccc2C1=O. The number of methoxy groups -OCH3 is 2. The number of amides is 2. The van der Waals surface area contributed by atoms with E-state index in [0.717, 1.165) is 13.2 Å². The van der Waals surface area contributed by atoms with E-state index in [4.69, 9.17) is 9.47 Å². The Morgan fingerprint density at radius 3 is 1.84 bits per heavy atom. The monoisotopic (exact) mass is 351 g/mol. The molecule has 0 saturated carbocycles. The fourth-order valence-corrected chi connectivity index (χ4v) is 2.69. The maximum absolute atomic E-state index is 13.3. The van der Waals surface area contributed by atoms with Crippen LogP contribution in [0.15, 0.2) is 36.4 Å². The van der Waals surface area contributed by atoms with Crippen molar-refractivity contribution < 1.29 is 32.2 Å². The summed E-state index contributed by atoms with van der Waals surface area (Å²) < 4.78 is 49.7. The zero-order valence-electron chi connectivity index (χ0n) is 13.2. The molecular weight excluding hydrogens is 339 g/mol. The van der Waals surface area contributed by atoms with Crippen molar-refractivity contribution in [1.29, 1.82) is 0 Å². The molecule has 2 aromatic carbocycles. The standard InChI is InChI=1S/C17H12F3NO4/c1-24-13-8-14(25-2)12(7-11(13)17(18,19)20)21-15(22)9-5-3-4-6-10(9)16(21)23/h3-8H,1-2H3. The summed E-state index contributed by atoms with van der Waals surface area (Å²) >= 11 is 0. The number of fused-ring (bicyclic) bond motifs is 1. The Bertz CT molecular complexity index is 842. The second kappa shape index (κ2) is 5.80. The van der Waals surface area contributed by atoms with Gasteiger partial charge in [-0.3, -0.25) is 9.59 Å². The Morgan fingerprint density at radius 2 is 1.40 bits per heavy atom. The largest absolute Gasteiger partial charge is 0.496 e. The Balaban J connectivity index is 2.21. The Labute approximate surface area is 140 Å². The van der Waals surface area contributed by atoms with Crippen LogP contribution in [0.25, 0.3) is 0 Å². The molecule has 0 aromatic heterocycles. The number of rotatable bonds is 3. The molecule has 25 heavy (non-hydrogen) atoms. The van der Waals surface area contributed by atoms with E-state index in [2.05, 4.69) is 0 Å². The highest BCUT2D eigenvalue weighted by molar-refractivity contribution is 6.34. The number of hydrogen-bond donors (Lipinski definition) is 0. The lowest BCUT2D eigenvalue weighted by atomic mass is 10.1. The van der Waals surface area contributed by atoms with Gasteiger partial charge in [0.05, 0.1) is 36.6 Å². The van der Waals surface area contributed by atoms with Crippen LogP contribution < -0.4 is 14.4 Å². The van der Waals surface area contributed by atoms with Crippen LogP contribution in [0.5, 0.6) is 11.5 Å². The minimum Gasteiger partial charge on any atom is -0.496 e. The number of carbonyl (C=O) groups excluding carboxylic acids is 2. The van der Waals surface area contributed by atoms with Crippen molar-refractivity contribution in [2.45, 2.75) is 6.18 Å². The van der Waals surface area contributed by atoms with E-state index in [9.17, 15) is 22.8 Å². The highest BCUT2D eigenvalue weighted by atomic mass is 19.4. The summed E-state index contributed by atoms with van der Waals surface area (Å²) in [6.07, 6.45) is -4.73. The van der Waals surface area contributed by atoms with Crippen molar-refractivity contribution >= 4 is 17.5 Å². The molecule has 0 N–H and O–H groups in total. The van der Waals surface area contributed by atoms with Crippen molar-refractivity contribution in [3.63, 3.8) is 0 Å². The third-order valence-corrected chi connectivity index (χ3v) is 3.84. The van der Waals surface area contributed by atoms with Crippen molar-refractivity contribution in [2.24, 2.45) is 0 Å². The lowest BCUT2D eigenvalue weighted by molar-refractivity contribution is -0.138. The topological polar surface area (TPSA) is 55.8 Å². The van der Waals surface area contributed by atoms with Crippen molar-refractivity contribution in [1.82, 2.24) is 0 Å². The first-order valence-corrected chi connectivity index (χ1v) is 7.10. The number of ether oxygens (including phenoxy) is 2. The molecule has 2 amide bonds. The lowest BCUT2D eigenvalue weighted by Gasteiger charge is -2.21. The minimum atomic E-state index is -4.73. The first kappa shape index (κ1) is 16.8. The summed E-state index contributed by atoms with van der Waals surface area (Å²) in [5.74, 6) is -1.97. The van der Waals surface area contributed by atoms with Crippen LogP contribution in [0.2, 0.25) is 0 Å². The number of carbonyl (C=O) groups is 2. The zero-order chi connectivity index (χ0) is 18.4. The highest BCUT2D eigenvalue weighted by Crippen LogP contribution is 2.44. The van der Waals surface area contributed by atoms with Crippen molar-refractivity contribution in [3.8, 4) is 11.5 Å². The smallest absolute Gasteiger partial charge is 0.420 e. The second-order valence-electron chi connectivity index (χ2n) is 5.21. The lowest BCUT2D eigenvalue weighted by Crippen LogP contribution is -2.30. The van der Waals surface area contributed by atoms with Crippen LogP contribution in [-0.4, -0.2) is 26.0 Å². The second-order valence-corrected chi connectivity index (χ2v) is 5.21. The molecule has 1 aliphatic heterocycles. The molecule has 0 bridgehead atoms. The van der Waals surface area contributed by atoms with E-state index >= 15 is 0 Å². The molecule has 5 nitrogen and oxygen atoms in total. The molecule has 2 aromatic rings. The zero-order valence-corrected chi connectivity index (χ0v) is 13.2. The van der Waals surface area contributed by atoms with Gasteiger partial charge in [0.2, 0.25) is 0 Å². The summed E-state index contributed by atoms with van der Waals surface area (Å²) in [5, 5.41) is 0. The van der Waals surface area contributed by atoms with Gasteiger partial charge in [0.1, 0.15) is 11.5 Å². The molecule has 130 valence electrons. The molecule has 1 aliphatic rings. The number of imide groups is 1. The first-order valence-electron chi connectivity index (χ1n) is 7.10. The van der Waals surface area contributed by atoms with Gasteiger partial charge in [0.15, 0.2) is 0 Å². The van der Waals surface area contributed by atoms with Crippen molar-refractivity contribution in [2.75, 3.05) is 19.1 Å². The molecule has 0 radical (unpaired) electrons. The van der Waals surface area contributed by atoms with Crippen LogP contribution in [0.4, 0.5) is 18.9 Å². The van der Waals surface area contributed by atoms with Gasteiger partial charge < -0.3 is 9.47 Å². The predicted molar refractivity (Wildman–Crippen MR) is 82.1 cm³/mol. The van der Waals surface area contributed by atoms with Gasteiger partial charge in [-0.25, -0.2) is 4.90 Å². The quantitative estimate of drug-likeness (QED) is 0.794. The first-order chi connectivity index (χ1) is 11.8. The van der Waals surface area contributed by atoms with Crippen LogP contribution in [0, 0.1) is 0 Å². The Kier molecular flexibility index (Phi) is 3.90. The molecule has 1 heterocycles. The van der Waals surface area contributed by atoms with Crippen LogP contribution in [0.1, 0.15) is 26.3 Å². The average molecular weight is 351 g/mol.